The normalized spacial score (nSPS) is 17.7. The first-order valence-corrected chi connectivity index (χ1v) is 9.18. The Morgan fingerprint density at radius 2 is 1.96 bits per heavy atom. The fourth-order valence-electron chi connectivity index (χ4n) is 2.15. The van der Waals surface area contributed by atoms with E-state index in [1.807, 2.05) is 55.7 Å². The molecule has 0 aromatic heterocycles. The van der Waals surface area contributed by atoms with Crippen LogP contribution in [0.3, 0.4) is 0 Å². The highest BCUT2D eigenvalue weighted by Crippen LogP contribution is 2.28. The number of rotatable bonds is 3. The molecule has 0 spiro atoms. The van der Waals surface area contributed by atoms with E-state index in [2.05, 4.69) is 22.4 Å². The number of hydrogen-bond donors (Lipinski definition) is 1. The second-order valence-corrected chi connectivity index (χ2v) is 7.00. The van der Waals surface area contributed by atoms with Crippen LogP contribution in [0.1, 0.15) is 11.1 Å². The Hall–Kier alpha value is -1.98. The van der Waals surface area contributed by atoms with Crippen LogP contribution in [0.2, 0.25) is 0 Å². The maximum Gasteiger partial charge on any atom is 0.264 e. The molecule has 23 heavy (non-hydrogen) atoms. The van der Waals surface area contributed by atoms with Crippen LogP contribution in [0.15, 0.2) is 63.3 Å². The van der Waals surface area contributed by atoms with Crippen molar-refractivity contribution in [1.82, 2.24) is 5.32 Å². The number of nitrogens with zero attached hydrogens (tertiary/aromatic N) is 1. The van der Waals surface area contributed by atoms with Crippen LogP contribution < -0.4 is 5.32 Å². The van der Waals surface area contributed by atoms with Crippen LogP contribution in [0.25, 0.3) is 6.08 Å². The summed E-state index contributed by atoms with van der Waals surface area (Å²) < 4.78 is 0. The number of hydrogen-bond acceptors (Lipinski definition) is 4. The van der Waals surface area contributed by atoms with Gasteiger partial charge in [0.15, 0.2) is 5.17 Å². The highest BCUT2D eigenvalue weighted by atomic mass is 32.2. The number of aryl methyl sites for hydroxylation is 1. The Labute approximate surface area is 144 Å². The Morgan fingerprint density at radius 3 is 2.65 bits per heavy atom. The third kappa shape index (κ3) is 4.06. The van der Waals surface area contributed by atoms with Crippen molar-refractivity contribution in [3.63, 3.8) is 0 Å². The molecule has 1 N–H and O–H groups in total. The van der Waals surface area contributed by atoms with Gasteiger partial charge in [0.2, 0.25) is 0 Å². The van der Waals surface area contributed by atoms with Gasteiger partial charge < -0.3 is 5.32 Å². The fourth-order valence-corrected chi connectivity index (χ4v) is 3.40. The zero-order valence-electron chi connectivity index (χ0n) is 12.9. The van der Waals surface area contributed by atoms with E-state index in [0.717, 1.165) is 16.8 Å². The lowest BCUT2D eigenvalue weighted by molar-refractivity contribution is -0.115. The molecular weight excluding hydrogens is 324 g/mol. The number of carbonyl (C=O) groups excluding carboxylic acids is 1. The highest BCUT2D eigenvalue weighted by Gasteiger charge is 2.23. The van der Waals surface area contributed by atoms with Crippen molar-refractivity contribution in [2.75, 3.05) is 6.26 Å². The van der Waals surface area contributed by atoms with Gasteiger partial charge in [-0.15, -0.1) is 11.8 Å². The number of carbonyl (C=O) groups is 1. The summed E-state index contributed by atoms with van der Waals surface area (Å²) in [4.78, 5) is 18.4. The summed E-state index contributed by atoms with van der Waals surface area (Å²) >= 11 is 3.07. The van der Waals surface area contributed by atoms with Gasteiger partial charge in [0.25, 0.3) is 5.91 Å². The first-order chi connectivity index (χ1) is 11.1. The maximum absolute atomic E-state index is 12.1. The first-order valence-electron chi connectivity index (χ1n) is 7.14. The number of amidine groups is 1. The average molecular weight is 340 g/mol. The van der Waals surface area contributed by atoms with Gasteiger partial charge in [-0.05, 0) is 66.4 Å². The molecule has 3 nitrogen and oxygen atoms in total. The quantitative estimate of drug-likeness (QED) is 0.655. The number of aliphatic imine (C=N–C) groups is 1. The zero-order chi connectivity index (χ0) is 16.2. The van der Waals surface area contributed by atoms with Crippen LogP contribution in [-0.2, 0) is 4.79 Å². The van der Waals surface area contributed by atoms with E-state index in [1.165, 1.54) is 16.7 Å². The summed E-state index contributed by atoms with van der Waals surface area (Å²) in [6.45, 7) is 2.02. The van der Waals surface area contributed by atoms with Gasteiger partial charge in [-0.1, -0.05) is 24.3 Å². The molecule has 2 aromatic rings. The molecule has 1 heterocycles. The van der Waals surface area contributed by atoms with E-state index in [4.69, 9.17) is 0 Å². The summed E-state index contributed by atoms with van der Waals surface area (Å²) in [5, 5.41) is 3.43. The molecule has 116 valence electrons. The molecule has 1 aliphatic heterocycles. The molecule has 0 aliphatic carbocycles. The van der Waals surface area contributed by atoms with Gasteiger partial charge in [-0.2, -0.15) is 0 Å². The van der Waals surface area contributed by atoms with Gasteiger partial charge in [0, 0.05) is 4.90 Å². The topological polar surface area (TPSA) is 41.5 Å². The lowest BCUT2D eigenvalue weighted by atomic mass is 10.2. The van der Waals surface area contributed by atoms with Crippen molar-refractivity contribution in [2.24, 2.45) is 4.99 Å². The van der Waals surface area contributed by atoms with Gasteiger partial charge in [-0.3, -0.25) is 4.79 Å². The molecule has 1 amide bonds. The monoisotopic (exact) mass is 340 g/mol. The van der Waals surface area contributed by atoms with Crippen molar-refractivity contribution in [3.05, 3.63) is 64.6 Å². The minimum Gasteiger partial charge on any atom is -0.300 e. The van der Waals surface area contributed by atoms with E-state index in [-0.39, 0.29) is 5.91 Å². The van der Waals surface area contributed by atoms with Gasteiger partial charge in [0.1, 0.15) is 0 Å². The summed E-state index contributed by atoms with van der Waals surface area (Å²) in [5.41, 5.74) is 3.00. The van der Waals surface area contributed by atoms with Crippen LogP contribution in [-0.4, -0.2) is 17.3 Å². The third-order valence-corrected chi connectivity index (χ3v) is 4.95. The van der Waals surface area contributed by atoms with Crippen LogP contribution in [0, 0.1) is 6.92 Å². The fraction of sp³-hybridized carbons (Fsp3) is 0.111. The highest BCUT2D eigenvalue weighted by molar-refractivity contribution is 8.18. The second-order valence-electron chi connectivity index (χ2n) is 5.09. The lowest BCUT2D eigenvalue weighted by Crippen LogP contribution is -2.19. The van der Waals surface area contributed by atoms with Crippen molar-refractivity contribution in [3.8, 4) is 0 Å². The van der Waals surface area contributed by atoms with Crippen LogP contribution >= 0.6 is 23.5 Å². The molecule has 1 aliphatic rings. The molecule has 0 bridgehead atoms. The first kappa shape index (κ1) is 15.9. The predicted octanol–water partition coefficient (Wildman–Crippen LogP) is 4.61. The SMILES string of the molecule is CSc1ccc(C=C2SC(=Nc3cccc(C)c3)NC2=O)cc1. The minimum absolute atomic E-state index is 0.102. The van der Waals surface area contributed by atoms with E-state index >= 15 is 0 Å². The number of benzene rings is 2. The molecule has 0 atom stereocenters. The van der Waals surface area contributed by atoms with Crippen molar-refractivity contribution >= 4 is 46.4 Å². The lowest BCUT2D eigenvalue weighted by Gasteiger charge is -1.98. The van der Waals surface area contributed by atoms with E-state index < -0.39 is 0 Å². The largest absolute Gasteiger partial charge is 0.300 e. The summed E-state index contributed by atoms with van der Waals surface area (Å²) in [6, 6.07) is 16.0. The van der Waals surface area contributed by atoms with Crippen LogP contribution in [0.4, 0.5) is 5.69 Å². The molecule has 3 rings (SSSR count). The maximum atomic E-state index is 12.1. The van der Waals surface area contributed by atoms with Crippen LogP contribution in [0.5, 0.6) is 0 Å². The molecule has 5 heteroatoms. The van der Waals surface area contributed by atoms with E-state index in [9.17, 15) is 4.79 Å². The number of amides is 1. The molecule has 1 saturated heterocycles. The van der Waals surface area contributed by atoms with Gasteiger partial charge in [-0.25, -0.2) is 4.99 Å². The summed E-state index contributed by atoms with van der Waals surface area (Å²) in [6.07, 6.45) is 3.94. The number of thioether (sulfide) groups is 2. The Balaban J connectivity index is 1.80. The number of nitrogens with one attached hydrogen (secondary N) is 1. The van der Waals surface area contributed by atoms with Crippen molar-refractivity contribution < 1.29 is 4.79 Å². The second kappa shape index (κ2) is 7.06. The Morgan fingerprint density at radius 1 is 1.17 bits per heavy atom. The standard InChI is InChI=1S/C18H16N2OS2/c1-12-4-3-5-14(10-12)19-18-20-17(21)16(23-18)11-13-6-8-15(22-2)9-7-13/h3-11H,1-2H3,(H,19,20,21). The van der Waals surface area contributed by atoms with Crippen molar-refractivity contribution in [2.45, 2.75) is 11.8 Å². The molecule has 1 fully saturated rings. The summed E-state index contributed by atoms with van der Waals surface area (Å²) in [7, 11) is 0. The smallest absolute Gasteiger partial charge is 0.264 e. The Bertz CT molecular complexity index is 795. The molecular formula is C18H16N2OS2. The zero-order valence-corrected chi connectivity index (χ0v) is 14.5. The predicted molar refractivity (Wildman–Crippen MR) is 100 cm³/mol. The van der Waals surface area contributed by atoms with E-state index in [0.29, 0.717) is 10.1 Å². The molecule has 0 unspecified atom stereocenters. The van der Waals surface area contributed by atoms with E-state index in [1.54, 1.807) is 11.8 Å². The summed E-state index contributed by atoms with van der Waals surface area (Å²) in [5.74, 6) is -0.102. The molecule has 0 saturated carbocycles. The molecule has 0 radical (unpaired) electrons. The minimum atomic E-state index is -0.102. The Kier molecular flexibility index (Phi) is 4.88. The molecule has 2 aromatic carbocycles. The third-order valence-electron chi connectivity index (χ3n) is 3.30. The van der Waals surface area contributed by atoms with Gasteiger partial charge >= 0.3 is 0 Å². The average Bonchev–Trinajstić information content (AvgIpc) is 2.87. The van der Waals surface area contributed by atoms with Gasteiger partial charge in [0.05, 0.1) is 10.6 Å². The van der Waals surface area contributed by atoms with Crippen molar-refractivity contribution in [1.29, 1.82) is 0 Å².